The summed E-state index contributed by atoms with van der Waals surface area (Å²) in [5.74, 6) is 0.508. The van der Waals surface area contributed by atoms with Gasteiger partial charge in [-0.3, -0.25) is 0 Å². The van der Waals surface area contributed by atoms with Crippen molar-refractivity contribution in [2.45, 2.75) is 13.5 Å². The van der Waals surface area contributed by atoms with Gasteiger partial charge in [0.1, 0.15) is 5.52 Å². The molecule has 16 heavy (non-hydrogen) atoms. The van der Waals surface area contributed by atoms with Crippen LogP contribution >= 0.6 is 0 Å². The van der Waals surface area contributed by atoms with Crippen LogP contribution in [0.4, 0.5) is 0 Å². The molecule has 1 aromatic heterocycles. The number of aromatic nitrogens is 1. The molecule has 1 atom stereocenters. The van der Waals surface area contributed by atoms with E-state index in [9.17, 15) is 0 Å². The highest BCUT2D eigenvalue weighted by molar-refractivity contribution is 5.72. The zero-order chi connectivity index (χ0) is 11.4. The highest BCUT2D eigenvalue weighted by Gasteiger charge is 2.01. The zero-order valence-electron chi connectivity index (χ0n) is 9.44. The van der Waals surface area contributed by atoms with E-state index in [1.807, 2.05) is 12.1 Å². The number of nitrogens with zero attached hydrogens (tertiary/aromatic N) is 1. The van der Waals surface area contributed by atoms with Crippen molar-refractivity contribution in [3.05, 3.63) is 30.2 Å². The van der Waals surface area contributed by atoms with E-state index in [1.165, 1.54) is 12.0 Å². The van der Waals surface area contributed by atoms with Gasteiger partial charge in [-0.2, -0.15) is 0 Å². The summed E-state index contributed by atoms with van der Waals surface area (Å²) in [5.41, 5.74) is 8.49. The Bertz CT molecular complexity index is 452. The Balaban J connectivity index is 1.93. The van der Waals surface area contributed by atoms with Crippen LogP contribution in [0.3, 0.4) is 0 Å². The minimum Gasteiger partial charge on any atom is -0.443 e. The lowest BCUT2D eigenvalue weighted by atomic mass is 10.1. The van der Waals surface area contributed by atoms with Gasteiger partial charge in [-0.15, -0.1) is 0 Å². The molecule has 0 aliphatic heterocycles. The Morgan fingerprint density at radius 3 is 3.19 bits per heavy atom. The van der Waals surface area contributed by atoms with Gasteiger partial charge in [0.05, 0.1) is 0 Å². The summed E-state index contributed by atoms with van der Waals surface area (Å²) < 4.78 is 5.25. The summed E-state index contributed by atoms with van der Waals surface area (Å²) in [6.45, 7) is 4.62. The Morgan fingerprint density at radius 2 is 2.38 bits per heavy atom. The van der Waals surface area contributed by atoms with Crippen molar-refractivity contribution in [3.63, 3.8) is 0 Å². The van der Waals surface area contributed by atoms with Crippen LogP contribution in [0.5, 0.6) is 0 Å². The zero-order valence-corrected chi connectivity index (χ0v) is 9.44. The second-order valence-corrected chi connectivity index (χ2v) is 4.13. The van der Waals surface area contributed by atoms with Crippen molar-refractivity contribution in [3.8, 4) is 0 Å². The molecule has 0 saturated carbocycles. The van der Waals surface area contributed by atoms with Crippen LogP contribution in [0.2, 0.25) is 0 Å². The molecule has 1 aromatic carbocycles. The molecule has 2 aromatic rings. The van der Waals surface area contributed by atoms with Crippen LogP contribution in [0.15, 0.2) is 29.0 Å². The van der Waals surface area contributed by atoms with Crippen LogP contribution in [0.25, 0.3) is 11.1 Å². The highest BCUT2D eigenvalue weighted by atomic mass is 16.3. The average Bonchev–Trinajstić information content (AvgIpc) is 2.76. The van der Waals surface area contributed by atoms with E-state index in [-0.39, 0.29) is 0 Å². The fraction of sp³-hybridized carbons (Fsp3) is 0.417. The van der Waals surface area contributed by atoms with Crippen LogP contribution in [-0.4, -0.2) is 18.1 Å². The van der Waals surface area contributed by atoms with Gasteiger partial charge in [0.15, 0.2) is 12.0 Å². The molecule has 1 heterocycles. The predicted molar refractivity (Wildman–Crippen MR) is 63.9 cm³/mol. The van der Waals surface area contributed by atoms with Crippen molar-refractivity contribution in [1.29, 1.82) is 0 Å². The maximum Gasteiger partial charge on any atom is 0.181 e. The predicted octanol–water partition coefficient (Wildman–Crippen LogP) is 1.51. The molecule has 3 N–H and O–H groups in total. The Kier molecular flexibility index (Phi) is 3.54. The molecule has 4 nitrogen and oxygen atoms in total. The molecule has 0 spiro atoms. The third-order valence-electron chi connectivity index (χ3n) is 2.62. The van der Waals surface area contributed by atoms with Gasteiger partial charge in [-0.1, -0.05) is 13.0 Å². The van der Waals surface area contributed by atoms with Gasteiger partial charge >= 0.3 is 0 Å². The first-order valence-electron chi connectivity index (χ1n) is 5.52. The molecule has 2 rings (SSSR count). The lowest BCUT2D eigenvalue weighted by Crippen LogP contribution is -2.25. The van der Waals surface area contributed by atoms with E-state index in [1.54, 1.807) is 0 Å². The molecule has 0 amide bonds. The number of nitrogens with two attached hydrogens (primary N) is 1. The number of nitrogens with one attached hydrogen (secondary N) is 1. The first-order chi connectivity index (χ1) is 7.79. The van der Waals surface area contributed by atoms with Crippen molar-refractivity contribution < 1.29 is 4.42 Å². The quantitative estimate of drug-likeness (QED) is 0.800. The van der Waals surface area contributed by atoms with Gasteiger partial charge in [0, 0.05) is 6.54 Å². The van der Waals surface area contributed by atoms with Crippen molar-refractivity contribution in [2.24, 2.45) is 11.7 Å². The van der Waals surface area contributed by atoms with Gasteiger partial charge < -0.3 is 15.5 Å². The molecule has 0 radical (unpaired) electrons. The molecule has 0 saturated heterocycles. The molecule has 86 valence electrons. The first kappa shape index (κ1) is 11.1. The lowest BCUT2D eigenvalue weighted by molar-refractivity contribution is 0.522. The lowest BCUT2D eigenvalue weighted by Gasteiger charge is -2.09. The minimum absolute atomic E-state index is 0.508. The van der Waals surface area contributed by atoms with Crippen molar-refractivity contribution in [1.82, 2.24) is 10.3 Å². The minimum atomic E-state index is 0.508. The van der Waals surface area contributed by atoms with Gasteiger partial charge in [-0.05, 0) is 36.7 Å². The van der Waals surface area contributed by atoms with Gasteiger partial charge in [-0.25, -0.2) is 4.98 Å². The molecule has 1 unspecified atom stereocenters. The maximum atomic E-state index is 5.55. The third kappa shape index (κ3) is 2.59. The summed E-state index contributed by atoms with van der Waals surface area (Å²) in [5, 5.41) is 3.37. The van der Waals surface area contributed by atoms with Crippen LogP contribution in [0, 0.1) is 5.92 Å². The van der Waals surface area contributed by atoms with E-state index in [0.29, 0.717) is 12.5 Å². The number of benzene rings is 1. The number of hydrogen-bond acceptors (Lipinski definition) is 4. The molecule has 0 aliphatic carbocycles. The molecule has 4 heteroatoms. The van der Waals surface area contributed by atoms with E-state index in [0.717, 1.165) is 24.2 Å². The number of rotatable bonds is 5. The molecular weight excluding hydrogens is 202 g/mol. The third-order valence-corrected chi connectivity index (χ3v) is 2.62. The smallest absolute Gasteiger partial charge is 0.181 e. The maximum absolute atomic E-state index is 5.55. The largest absolute Gasteiger partial charge is 0.443 e. The summed E-state index contributed by atoms with van der Waals surface area (Å²) in [6, 6.07) is 6.05. The Hall–Kier alpha value is -1.39. The Morgan fingerprint density at radius 1 is 1.50 bits per heavy atom. The molecule has 0 bridgehead atoms. The number of oxazole rings is 1. The van der Waals surface area contributed by atoms with E-state index >= 15 is 0 Å². The first-order valence-corrected chi connectivity index (χ1v) is 5.52. The van der Waals surface area contributed by atoms with Crippen LogP contribution in [0.1, 0.15) is 12.5 Å². The van der Waals surface area contributed by atoms with Gasteiger partial charge in [0.2, 0.25) is 0 Å². The summed E-state index contributed by atoms with van der Waals surface area (Å²) in [4.78, 5) is 4.08. The van der Waals surface area contributed by atoms with Crippen molar-refractivity contribution >= 4 is 11.1 Å². The average molecular weight is 219 g/mol. The summed E-state index contributed by atoms with van der Waals surface area (Å²) in [7, 11) is 0. The molecule has 0 aliphatic rings. The van der Waals surface area contributed by atoms with E-state index in [2.05, 4.69) is 23.3 Å². The topological polar surface area (TPSA) is 64.1 Å². The molecule has 0 fully saturated rings. The summed E-state index contributed by atoms with van der Waals surface area (Å²) >= 11 is 0. The molecular formula is C12H17N3O. The fourth-order valence-electron chi connectivity index (χ4n) is 1.56. The second kappa shape index (κ2) is 5.09. The number of fused-ring (bicyclic) bond motifs is 1. The van der Waals surface area contributed by atoms with Crippen LogP contribution in [-0.2, 0) is 6.54 Å². The number of hydrogen-bond donors (Lipinski definition) is 2. The van der Waals surface area contributed by atoms with E-state index < -0.39 is 0 Å². The highest BCUT2D eigenvalue weighted by Crippen LogP contribution is 2.13. The van der Waals surface area contributed by atoms with Crippen molar-refractivity contribution in [2.75, 3.05) is 13.1 Å². The SMILES string of the molecule is CC(CN)CNCc1ccc2ncoc2c1. The standard InChI is InChI=1S/C12H17N3O/c1-9(5-13)6-14-7-10-2-3-11-12(4-10)16-8-15-11/h2-4,8-9,14H,5-7,13H2,1H3. The summed E-state index contributed by atoms with van der Waals surface area (Å²) in [6.07, 6.45) is 1.47. The fourth-order valence-corrected chi connectivity index (χ4v) is 1.56. The second-order valence-electron chi connectivity index (χ2n) is 4.13. The van der Waals surface area contributed by atoms with Crippen LogP contribution < -0.4 is 11.1 Å². The Labute approximate surface area is 94.8 Å². The van der Waals surface area contributed by atoms with Gasteiger partial charge in [0.25, 0.3) is 0 Å². The normalized spacial score (nSPS) is 13.1. The van der Waals surface area contributed by atoms with E-state index in [4.69, 9.17) is 10.2 Å². The monoisotopic (exact) mass is 219 g/mol.